The van der Waals surface area contributed by atoms with Crippen LogP contribution in [0.5, 0.6) is 0 Å². The van der Waals surface area contributed by atoms with Gasteiger partial charge in [-0.25, -0.2) is 4.68 Å². The van der Waals surface area contributed by atoms with E-state index < -0.39 is 0 Å². The van der Waals surface area contributed by atoms with Crippen LogP contribution in [-0.2, 0) is 16.0 Å². The van der Waals surface area contributed by atoms with Crippen molar-refractivity contribution in [3.63, 3.8) is 0 Å². The van der Waals surface area contributed by atoms with Crippen LogP contribution in [0.15, 0.2) is 48.7 Å². The molecule has 0 spiro atoms. The molecule has 0 bridgehead atoms. The molecule has 5 rings (SSSR count). The lowest BCUT2D eigenvalue weighted by Crippen LogP contribution is -2.27. The van der Waals surface area contributed by atoms with E-state index in [1.54, 1.807) is 0 Å². The van der Waals surface area contributed by atoms with Crippen molar-refractivity contribution < 1.29 is 9.59 Å². The Morgan fingerprint density at radius 2 is 1.91 bits per heavy atom. The lowest BCUT2D eigenvalue weighted by molar-refractivity contribution is -0.121. The van der Waals surface area contributed by atoms with Gasteiger partial charge in [-0.3, -0.25) is 9.59 Å². The summed E-state index contributed by atoms with van der Waals surface area (Å²) in [5.74, 6) is 0.645. The number of fused-ring (bicyclic) bond motifs is 1. The van der Waals surface area contributed by atoms with Gasteiger partial charge in [0.05, 0.1) is 24.4 Å². The Balaban J connectivity index is 1.30. The smallest absolute Gasteiger partial charge is 0.228 e. The summed E-state index contributed by atoms with van der Waals surface area (Å²) >= 11 is 0. The molecule has 2 unspecified atom stereocenters. The molecule has 2 aromatic carbocycles. The molecule has 0 radical (unpaired) electrons. The van der Waals surface area contributed by atoms with Gasteiger partial charge in [-0.1, -0.05) is 48.5 Å². The molecule has 3 aromatic rings. The zero-order valence-electron chi connectivity index (χ0n) is 18.2. The van der Waals surface area contributed by atoms with Crippen LogP contribution in [0.2, 0.25) is 0 Å². The summed E-state index contributed by atoms with van der Waals surface area (Å²) in [5, 5.41) is 14.5. The molecule has 0 saturated heterocycles. The van der Waals surface area contributed by atoms with Crippen LogP contribution in [0.25, 0.3) is 22.4 Å². The fraction of sp³-hybridized carbons (Fsp3) is 0.360. The molecule has 2 N–H and O–H groups in total. The second-order valence-corrected chi connectivity index (χ2v) is 8.73. The Labute approximate surface area is 187 Å². The average Bonchev–Trinajstić information content (AvgIpc) is 3.55. The van der Waals surface area contributed by atoms with Crippen LogP contribution in [-0.4, -0.2) is 33.4 Å². The van der Waals surface area contributed by atoms with E-state index in [0.717, 1.165) is 59.4 Å². The third kappa shape index (κ3) is 4.02. The maximum Gasteiger partial charge on any atom is 0.228 e. The van der Waals surface area contributed by atoms with Gasteiger partial charge in [0, 0.05) is 24.2 Å². The van der Waals surface area contributed by atoms with E-state index in [1.165, 1.54) is 0 Å². The van der Waals surface area contributed by atoms with E-state index >= 15 is 0 Å². The highest BCUT2D eigenvalue weighted by Gasteiger charge is 2.28. The van der Waals surface area contributed by atoms with E-state index in [2.05, 4.69) is 51.3 Å². The number of carbonyl (C=O) groups excluding carboxylic acids is 2. The molecule has 7 heteroatoms. The van der Waals surface area contributed by atoms with Gasteiger partial charge >= 0.3 is 0 Å². The lowest BCUT2D eigenvalue weighted by Gasteiger charge is -2.15. The highest BCUT2D eigenvalue weighted by atomic mass is 16.2. The van der Waals surface area contributed by atoms with Gasteiger partial charge < -0.3 is 10.6 Å². The fourth-order valence-electron chi connectivity index (χ4n) is 4.79. The SMILES string of the molecule is CCC(=O)NCC1CCC(n2nncc2-c2ccc(-c3ccc4c(c3)NC(=O)C4)cc2)C1. The number of benzene rings is 2. The second kappa shape index (κ2) is 8.57. The standard InChI is InChI=1S/C25H27N5O2/c1-2-24(31)26-14-16-3-10-21(11-16)30-23(15-27-29-30)18-6-4-17(5-7-18)19-8-9-20-13-25(32)28-22(20)12-19/h4-9,12,15-16,21H,2-3,10-11,13-14H2,1H3,(H,26,31)(H,28,32). The molecule has 1 aliphatic carbocycles. The van der Waals surface area contributed by atoms with E-state index in [4.69, 9.17) is 0 Å². The maximum atomic E-state index is 11.6. The highest BCUT2D eigenvalue weighted by molar-refractivity contribution is 6.00. The molecule has 164 valence electrons. The van der Waals surface area contributed by atoms with E-state index in [9.17, 15) is 9.59 Å². The van der Waals surface area contributed by atoms with Gasteiger partial charge in [0.15, 0.2) is 0 Å². The predicted molar refractivity (Wildman–Crippen MR) is 123 cm³/mol. The van der Waals surface area contributed by atoms with Crippen molar-refractivity contribution in [3.8, 4) is 22.4 Å². The first-order chi connectivity index (χ1) is 15.6. The van der Waals surface area contributed by atoms with Crippen molar-refractivity contribution in [1.82, 2.24) is 20.3 Å². The minimum absolute atomic E-state index is 0.0511. The highest BCUT2D eigenvalue weighted by Crippen LogP contribution is 2.37. The Morgan fingerprint density at radius 1 is 1.12 bits per heavy atom. The van der Waals surface area contributed by atoms with Crippen LogP contribution in [0.3, 0.4) is 0 Å². The van der Waals surface area contributed by atoms with Crippen molar-refractivity contribution in [2.75, 3.05) is 11.9 Å². The molecule has 32 heavy (non-hydrogen) atoms. The van der Waals surface area contributed by atoms with E-state index in [-0.39, 0.29) is 11.8 Å². The maximum absolute atomic E-state index is 11.6. The summed E-state index contributed by atoms with van der Waals surface area (Å²) in [4.78, 5) is 23.2. The quantitative estimate of drug-likeness (QED) is 0.620. The summed E-state index contributed by atoms with van der Waals surface area (Å²) in [6, 6.07) is 14.8. The van der Waals surface area contributed by atoms with E-state index in [1.807, 2.05) is 29.9 Å². The monoisotopic (exact) mass is 429 g/mol. The van der Waals surface area contributed by atoms with Gasteiger partial charge in [-0.15, -0.1) is 5.10 Å². The summed E-state index contributed by atoms with van der Waals surface area (Å²) in [7, 11) is 0. The third-order valence-electron chi connectivity index (χ3n) is 6.59. The van der Waals surface area contributed by atoms with Gasteiger partial charge in [-0.2, -0.15) is 0 Å². The van der Waals surface area contributed by atoms with Crippen LogP contribution < -0.4 is 10.6 Å². The van der Waals surface area contributed by atoms with Gasteiger partial charge in [-0.05, 0) is 47.9 Å². The number of amides is 2. The van der Waals surface area contributed by atoms with Gasteiger partial charge in [0.2, 0.25) is 11.8 Å². The molecular formula is C25H27N5O2. The number of aromatic nitrogens is 3. The predicted octanol–water partition coefficient (Wildman–Crippen LogP) is 3.97. The van der Waals surface area contributed by atoms with Gasteiger partial charge in [0.1, 0.15) is 0 Å². The largest absolute Gasteiger partial charge is 0.356 e. The zero-order valence-corrected chi connectivity index (χ0v) is 18.2. The molecule has 2 amide bonds. The molecule has 2 heterocycles. The summed E-state index contributed by atoms with van der Waals surface area (Å²) in [6.45, 7) is 2.62. The number of hydrogen-bond donors (Lipinski definition) is 2. The molecule has 1 fully saturated rings. The zero-order chi connectivity index (χ0) is 22.1. The number of hydrogen-bond acceptors (Lipinski definition) is 4. The normalized spacial score (nSPS) is 19.6. The number of nitrogens with one attached hydrogen (secondary N) is 2. The topological polar surface area (TPSA) is 88.9 Å². The first kappa shape index (κ1) is 20.4. The van der Waals surface area contributed by atoms with Gasteiger partial charge in [0.25, 0.3) is 0 Å². The van der Waals surface area contributed by atoms with Crippen LogP contribution in [0.1, 0.15) is 44.2 Å². The second-order valence-electron chi connectivity index (χ2n) is 8.73. The van der Waals surface area contributed by atoms with E-state index in [0.29, 0.717) is 24.8 Å². The van der Waals surface area contributed by atoms with Crippen molar-refractivity contribution in [1.29, 1.82) is 0 Å². The number of nitrogens with zero attached hydrogens (tertiary/aromatic N) is 3. The molecule has 1 aliphatic heterocycles. The Kier molecular flexibility index (Phi) is 5.47. The molecule has 2 atom stereocenters. The summed E-state index contributed by atoms with van der Waals surface area (Å²) < 4.78 is 2.04. The summed E-state index contributed by atoms with van der Waals surface area (Å²) in [5.41, 5.74) is 6.23. The van der Waals surface area contributed by atoms with Crippen molar-refractivity contribution >= 4 is 17.5 Å². The average molecular weight is 430 g/mol. The molecule has 7 nitrogen and oxygen atoms in total. The Hall–Kier alpha value is -3.48. The van der Waals surface area contributed by atoms with Crippen molar-refractivity contribution in [3.05, 3.63) is 54.2 Å². The number of rotatable bonds is 6. The first-order valence-electron chi connectivity index (χ1n) is 11.3. The molecule has 1 aromatic heterocycles. The molecular weight excluding hydrogens is 402 g/mol. The molecule has 2 aliphatic rings. The minimum Gasteiger partial charge on any atom is -0.356 e. The van der Waals surface area contributed by atoms with Crippen LogP contribution in [0.4, 0.5) is 5.69 Å². The van der Waals surface area contributed by atoms with Crippen LogP contribution in [0, 0.1) is 5.92 Å². The fourth-order valence-corrected chi connectivity index (χ4v) is 4.79. The minimum atomic E-state index is 0.0511. The number of anilines is 1. The van der Waals surface area contributed by atoms with Crippen molar-refractivity contribution in [2.24, 2.45) is 5.92 Å². The Morgan fingerprint density at radius 3 is 2.72 bits per heavy atom. The molecule has 1 saturated carbocycles. The van der Waals surface area contributed by atoms with Crippen LogP contribution >= 0.6 is 0 Å². The Bertz CT molecular complexity index is 1150. The number of carbonyl (C=O) groups is 2. The lowest BCUT2D eigenvalue weighted by atomic mass is 10.0. The summed E-state index contributed by atoms with van der Waals surface area (Å²) in [6.07, 6.45) is 5.94. The third-order valence-corrected chi connectivity index (χ3v) is 6.59. The van der Waals surface area contributed by atoms with Crippen molar-refractivity contribution in [2.45, 2.75) is 45.1 Å². The first-order valence-corrected chi connectivity index (χ1v) is 11.3.